The maximum atomic E-state index is 10.3. The molecule has 13 heavy (non-hydrogen) atoms. The van der Waals surface area contributed by atoms with Gasteiger partial charge in [-0.15, -0.1) is 0 Å². The van der Waals surface area contributed by atoms with E-state index >= 15 is 0 Å². The number of rotatable bonds is 4. The first kappa shape index (κ1) is 8.97. The Morgan fingerprint density at radius 3 is 2.54 bits per heavy atom. The average molecular weight is 184 g/mol. The molecule has 1 aliphatic heterocycles. The van der Waals surface area contributed by atoms with Crippen LogP contribution in [-0.4, -0.2) is 42.2 Å². The van der Waals surface area contributed by atoms with Gasteiger partial charge in [0.05, 0.1) is 6.42 Å². The Bertz CT molecular complexity index is 208. The molecule has 0 aromatic carbocycles. The van der Waals surface area contributed by atoms with E-state index in [0.717, 1.165) is 37.4 Å². The van der Waals surface area contributed by atoms with Crippen molar-refractivity contribution in [2.75, 3.05) is 26.2 Å². The first-order valence-electron chi connectivity index (χ1n) is 4.86. The Hall–Kier alpha value is -0.610. The van der Waals surface area contributed by atoms with Crippen molar-refractivity contribution in [3.05, 3.63) is 0 Å². The Morgan fingerprint density at radius 1 is 1.46 bits per heavy atom. The van der Waals surface area contributed by atoms with Gasteiger partial charge in [0.2, 0.25) is 0 Å². The van der Waals surface area contributed by atoms with Crippen molar-refractivity contribution in [3.63, 3.8) is 0 Å². The highest BCUT2D eigenvalue weighted by atomic mass is 16.4. The lowest BCUT2D eigenvalue weighted by Gasteiger charge is -2.17. The maximum Gasteiger partial charge on any atom is 0.304 e. The second kappa shape index (κ2) is 3.27. The van der Waals surface area contributed by atoms with Crippen LogP contribution in [0.4, 0.5) is 0 Å². The number of hydrogen-bond donors (Lipinski definition) is 2. The minimum atomic E-state index is -0.698. The Balaban J connectivity index is 1.69. The van der Waals surface area contributed by atoms with E-state index in [-0.39, 0.29) is 6.42 Å². The van der Waals surface area contributed by atoms with E-state index < -0.39 is 5.97 Å². The van der Waals surface area contributed by atoms with Crippen molar-refractivity contribution in [2.24, 2.45) is 23.5 Å². The molecule has 4 heteroatoms. The molecular formula is C9H16N2O2. The zero-order chi connectivity index (χ0) is 9.42. The van der Waals surface area contributed by atoms with E-state index in [1.54, 1.807) is 0 Å². The summed E-state index contributed by atoms with van der Waals surface area (Å²) >= 11 is 0. The summed E-state index contributed by atoms with van der Waals surface area (Å²) in [5.74, 6) is 1.59. The zero-order valence-corrected chi connectivity index (χ0v) is 7.65. The van der Waals surface area contributed by atoms with Gasteiger partial charge in [-0.1, -0.05) is 0 Å². The van der Waals surface area contributed by atoms with Gasteiger partial charge >= 0.3 is 5.97 Å². The Labute approximate surface area is 77.7 Å². The summed E-state index contributed by atoms with van der Waals surface area (Å²) in [6.07, 6.45) is 0.271. The van der Waals surface area contributed by atoms with Gasteiger partial charge in [0.1, 0.15) is 0 Å². The summed E-state index contributed by atoms with van der Waals surface area (Å²) in [5.41, 5.74) is 5.58. The molecule has 2 fully saturated rings. The lowest BCUT2D eigenvalue weighted by Crippen LogP contribution is -2.28. The summed E-state index contributed by atoms with van der Waals surface area (Å²) < 4.78 is 0. The number of nitrogens with two attached hydrogens (primary N) is 1. The highest BCUT2D eigenvalue weighted by molar-refractivity contribution is 5.66. The molecule has 0 aromatic rings. The zero-order valence-electron chi connectivity index (χ0n) is 7.65. The van der Waals surface area contributed by atoms with Gasteiger partial charge in [-0.25, -0.2) is 0 Å². The normalized spacial score (nSPS) is 37.5. The van der Waals surface area contributed by atoms with E-state index in [2.05, 4.69) is 4.90 Å². The topological polar surface area (TPSA) is 66.6 Å². The van der Waals surface area contributed by atoms with E-state index in [0.29, 0.717) is 6.54 Å². The summed E-state index contributed by atoms with van der Waals surface area (Å²) in [6.45, 7) is 3.65. The second-order valence-corrected chi connectivity index (χ2v) is 4.13. The number of carbonyl (C=O) groups is 1. The summed E-state index contributed by atoms with van der Waals surface area (Å²) in [7, 11) is 0. The molecule has 0 spiro atoms. The van der Waals surface area contributed by atoms with Crippen LogP contribution in [0.25, 0.3) is 0 Å². The van der Waals surface area contributed by atoms with Gasteiger partial charge in [-0.2, -0.15) is 0 Å². The molecule has 1 saturated heterocycles. The number of carboxylic acids is 1. The van der Waals surface area contributed by atoms with E-state index in [1.807, 2.05) is 0 Å². The van der Waals surface area contributed by atoms with Crippen LogP contribution in [0.2, 0.25) is 0 Å². The molecule has 3 N–H and O–H groups in total. The van der Waals surface area contributed by atoms with Crippen LogP contribution >= 0.6 is 0 Å². The molecule has 4 nitrogen and oxygen atoms in total. The average Bonchev–Trinajstić information content (AvgIpc) is 2.56. The molecule has 2 rings (SSSR count). The van der Waals surface area contributed by atoms with Crippen LogP contribution < -0.4 is 5.73 Å². The lowest BCUT2D eigenvalue weighted by molar-refractivity contribution is -0.137. The predicted octanol–water partition coefficient (Wildman–Crippen LogP) is -0.402. The molecule has 1 heterocycles. The van der Waals surface area contributed by atoms with Crippen molar-refractivity contribution in [2.45, 2.75) is 6.42 Å². The quantitative estimate of drug-likeness (QED) is 0.623. The highest BCUT2D eigenvalue weighted by Gasteiger charge is 2.54. The molecule has 2 unspecified atom stereocenters. The summed E-state index contributed by atoms with van der Waals surface area (Å²) in [4.78, 5) is 12.6. The lowest BCUT2D eigenvalue weighted by atomic mass is 10.2. The first-order chi connectivity index (χ1) is 6.22. The van der Waals surface area contributed by atoms with E-state index in [9.17, 15) is 4.79 Å². The SMILES string of the molecule is NCC1C2CN(CCC(=O)O)CC12. The fourth-order valence-electron chi connectivity index (χ4n) is 2.52. The number of nitrogens with zero attached hydrogens (tertiary/aromatic N) is 1. The monoisotopic (exact) mass is 184 g/mol. The van der Waals surface area contributed by atoms with Crippen LogP contribution in [0, 0.1) is 17.8 Å². The minimum Gasteiger partial charge on any atom is -0.481 e. The van der Waals surface area contributed by atoms with Gasteiger partial charge in [-0.3, -0.25) is 4.79 Å². The molecule has 0 radical (unpaired) electrons. The molecule has 2 atom stereocenters. The van der Waals surface area contributed by atoms with Crippen molar-refractivity contribution in [1.82, 2.24) is 4.90 Å². The van der Waals surface area contributed by atoms with Crippen molar-refractivity contribution >= 4 is 5.97 Å². The third kappa shape index (κ3) is 1.69. The van der Waals surface area contributed by atoms with Gasteiger partial charge in [-0.05, 0) is 24.3 Å². The second-order valence-electron chi connectivity index (χ2n) is 4.13. The van der Waals surface area contributed by atoms with Crippen molar-refractivity contribution < 1.29 is 9.90 Å². The number of hydrogen-bond acceptors (Lipinski definition) is 3. The van der Waals surface area contributed by atoms with Crippen LogP contribution in [-0.2, 0) is 4.79 Å². The van der Waals surface area contributed by atoms with Crippen LogP contribution in [0.1, 0.15) is 6.42 Å². The van der Waals surface area contributed by atoms with Crippen LogP contribution in [0.15, 0.2) is 0 Å². The summed E-state index contributed by atoms with van der Waals surface area (Å²) in [5, 5.41) is 8.50. The van der Waals surface area contributed by atoms with Gasteiger partial charge in [0.25, 0.3) is 0 Å². The smallest absolute Gasteiger partial charge is 0.304 e. The maximum absolute atomic E-state index is 10.3. The molecule has 2 aliphatic rings. The van der Waals surface area contributed by atoms with Gasteiger partial charge < -0.3 is 15.7 Å². The number of fused-ring (bicyclic) bond motifs is 1. The third-order valence-electron chi connectivity index (χ3n) is 3.36. The highest BCUT2D eigenvalue weighted by Crippen LogP contribution is 2.50. The molecule has 0 amide bonds. The van der Waals surface area contributed by atoms with Gasteiger partial charge in [0.15, 0.2) is 0 Å². The van der Waals surface area contributed by atoms with Crippen molar-refractivity contribution in [3.8, 4) is 0 Å². The number of carboxylic acid groups (broad SMARTS) is 1. The minimum absolute atomic E-state index is 0.271. The molecular weight excluding hydrogens is 168 g/mol. The fraction of sp³-hybridized carbons (Fsp3) is 0.889. The standard InChI is InChI=1S/C9H16N2O2/c10-3-6-7-4-11(5-8(6)7)2-1-9(12)13/h6-8H,1-5,10H2,(H,12,13). The van der Waals surface area contributed by atoms with Crippen LogP contribution in [0.3, 0.4) is 0 Å². The van der Waals surface area contributed by atoms with Gasteiger partial charge in [0, 0.05) is 19.6 Å². The fourth-order valence-corrected chi connectivity index (χ4v) is 2.52. The molecule has 74 valence electrons. The largest absolute Gasteiger partial charge is 0.481 e. The number of piperidine rings is 1. The molecule has 0 bridgehead atoms. The Morgan fingerprint density at radius 2 is 2.08 bits per heavy atom. The molecule has 1 saturated carbocycles. The van der Waals surface area contributed by atoms with E-state index in [4.69, 9.17) is 10.8 Å². The van der Waals surface area contributed by atoms with Crippen molar-refractivity contribution in [1.29, 1.82) is 0 Å². The Kier molecular flexibility index (Phi) is 2.26. The molecule has 0 aromatic heterocycles. The third-order valence-corrected chi connectivity index (χ3v) is 3.36. The number of aliphatic carboxylic acids is 1. The van der Waals surface area contributed by atoms with Crippen LogP contribution in [0.5, 0.6) is 0 Å². The molecule has 1 aliphatic carbocycles. The summed E-state index contributed by atoms with van der Waals surface area (Å²) in [6, 6.07) is 0. The first-order valence-corrected chi connectivity index (χ1v) is 4.86. The number of likely N-dealkylation sites (tertiary alicyclic amines) is 1. The predicted molar refractivity (Wildman–Crippen MR) is 48.2 cm³/mol. The van der Waals surface area contributed by atoms with E-state index in [1.165, 1.54) is 0 Å².